The molecule has 4 saturated carbocycles. The summed E-state index contributed by atoms with van der Waals surface area (Å²) in [5.74, 6) is 2.44. The molecule has 1 N–H and O–H groups in total. The van der Waals surface area contributed by atoms with Gasteiger partial charge in [-0.25, -0.2) is 0 Å². The zero-order valence-corrected chi connectivity index (χ0v) is 23.2. The third-order valence-electron chi connectivity index (χ3n) is 11.9. The fraction of sp³-hybridized carbons (Fsp3) is 0.781. The average molecular weight is 497 g/mol. The quantitative estimate of drug-likeness (QED) is 0.434. The van der Waals surface area contributed by atoms with E-state index in [1.54, 1.807) is 0 Å². The molecule has 0 bridgehead atoms. The van der Waals surface area contributed by atoms with Gasteiger partial charge >= 0.3 is 5.97 Å². The summed E-state index contributed by atoms with van der Waals surface area (Å²) in [6.07, 6.45) is 10.2. The lowest BCUT2D eigenvalue weighted by Gasteiger charge is -2.63. The fourth-order valence-corrected chi connectivity index (χ4v) is 9.31. The lowest BCUT2D eigenvalue weighted by Crippen LogP contribution is -2.60. The molecule has 0 saturated heterocycles. The van der Waals surface area contributed by atoms with E-state index >= 15 is 0 Å². The maximum absolute atomic E-state index is 12.8. The smallest absolute Gasteiger partial charge is 0.314 e. The summed E-state index contributed by atoms with van der Waals surface area (Å²) in [4.78, 5) is 12.8. The largest absolute Gasteiger partial charge is 0.465 e. The third kappa shape index (κ3) is 4.06. The van der Waals surface area contributed by atoms with E-state index in [2.05, 4.69) is 44.2 Å². The topological polar surface area (TPSA) is 55.8 Å². The minimum absolute atomic E-state index is 0.254. The van der Waals surface area contributed by atoms with Gasteiger partial charge in [-0.1, -0.05) is 44.2 Å². The van der Waals surface area contributed by atoms with Crippen molar-refractivity contribution >= 4 is 5.97 Å². The molecule has 0 radical (unpaired) electrons. The second kappa shape index (κ2) is 9.42. The number of rotatable bonds is 6. The Kier molecular flexibility index (Phi) is 6.86. The molecule has 8 atom stereocenters. The number of carbonyl (C=O) groups excluding carboxylic acids is 1. The van der Waals surface area contributed by atoms with Gasteiger partial charge in [0, 0.05) is 0 Å². The van der Waals surface area contributed by atoms with Crippen molar-refractivity contribution in [1.29, 1.82) is 0 Å². The van der Waals surface area contributed by atoms with Crippen LogP contribution in [-0.2, 0) is 20.9 Å². The van der Waals surface area contributed by atoms with E-state index in [0.717, 1.165) is 37.2 Å². The van der Waals surface area contributed by atoms with Crippen LogP contribution in [0.5, 0.6) is 0 Å². The lowest BCUT2D eigenvalue weighted by atomic mass is 9.43. The number of benzene rings is 1. The molecule has 4 nitrogen and oxygen atoms in total. The van der Waals surface area contributed by atoms with Crippen LogP contribution in [0.15, 0.2) is 30.3 Å². The average Bonchev–Trinajstić information content (AvgIpc) is 3.20. The molecule has 4 aliphatic carbocycles. The first-order valence-electron chi connectivity index (χ1n) is 14.6. The molecule has 4 fully saturated rings. The number of fused-ring (bicyclic) bond motifs is 5. The van der Waals surface area contributed by atoms with E-state index in [1.807, 2.05) is 20.8 Å². The first-order chi connectivity index (χ1) is 17.0. The van der Waals surface area contributed by atoms with E-state index in [-0.39, 0.29) is 16.8 Å². The number of aliphatic hydroxyl groups is 1. The van der Waals surface area contributed by atoms with E-state index in [0.29, 0.717) is 25.0 Å². The molecule has 36 heavy (non-hydrogen) atoms. The molecule has 0 heterocycles. The van der Waals surface area contributed by atoms with E-state index in [9.17, 15) is 9.90 Å². The number of hydrogen-bond donors (Lipinski definition) is 1. The van der Waals surface area contributed by atoms with Crippen LogP contribution in [0.25, 0.3) is 0 Å². The summed E-state index contributed by atoms with van der Waals surface area (Å²) in [5.41, 5.74) is -0.0544. The molecular formula is C32H48O4. The second-order valence-corrected chi connectivity index (χ2v) is 13.6. The van der Waals surface area contributed by atoms with Crippen molar-refractivity contribution in [3.8, 4) is 0 Å². The van der Waals surface area contributed by atoms with Gasteiger partial charge in [-0.3, -0.25) is 4.79 Å². The maximum Gasteiger partial charge on any atom is 0.314 e. The highest BCUT2D eigenvalue weighted by molar-refractivity contribution is 5.77. The normalized spacial score (nSPS) is 42.2. The van der Waals surface area contributed by atoms with Gasteiger partial charge in [0.05, 0.1) is 30.3 Å². The van der Waals surface area contributed by atoms with Gasteiger partial charge in [0.25, 0.3) is 0 Å². The molecule has 5 rings (SSSR count). The Morgan fingerprint density at radius 3 is 2.42 bits per heavy atom. The van der Waals surface area contributed by atoms with Gasteiger partial charge in [-0.2, -0.15) is 0 Å². The highest BCUT2D eigenvalue weighted by Crippen LogP contribution is 2.68. The minimum atomic E-state index is -0.983. The van der Waals surface area contributed by atoms with Crippen LogP contribution in [0.1, 0.15) is 98.0 Å². The van der Waals surface area contributed by atoms with Gasteiger partial charge in [0.1, 0.15) is 0 Å². The van der Waals surface area contributed by atoms with Crippen molar-refractivity contribution in [1.82, 2.24) is 0 Å². The number of ether oxygens (including phenoxy) is 2. The van der Waals surface area contributed by atoms with E-state index in [4.69, 9.17) is 9.47 Å². The molecule has 0 amide bonds. The van der Waals surface area contributed by atoms with Crippen LogP contribution in [0.2, 0.25) is 0 Å². The molecule has 1 aromatic carbocycles. The van der Waals surface area contributed by atoms with Crippen molar-refractivity contribution in [2.24, 2.45) is 39.9 Å². The first kappa shape index (κ1) is 26.2. The number of esters is 1. The number of hydrogen-bond acceptors (Lipinski definition) is 4. The van der Waals surface area contributed by atoms with E-state index in [1.165, 1.54) is 44.1 Å². The molecule has 0 unspecified atom stereocenters. The summed E-state index contributed by atoms with van der Waals surface area (Å²) >= 11 is 0. The Labute approximate surface area is 218 Å². The Balaban J connectivity index is 1.29. The molecule has 0 aliphatic heterocycles. The zero-order valence-electron chi connectivity index (χ0n) is 23.2. The third-order valence-corrected chi connectivity index (χ3v) is 11.9. The predicted molar refractivity (Wildman–Crippen MR) is 142 cm³/mol. The first-order valence-corrected chi connectivity index (χ1v) is 14.6. The predicted octanol–water partition coefficient (Wildman–Crippen LogP) is 6.93. The Bertz CT molecular complexity index is 943. The van der Waals surface area contributed by atoms with Crippen molar-refractivity contribution < 1.29 is 19.4 Å². The van der Waals surface area contributed by atoms with Crippen LogP contribution < -0.4 is 0 Å². The van der Waals surface area contributed by atoms with Crippen LogP contribution in [0, 0.1) is 39.9 Å². The van der Waals surface area contributed by atoms with E-state index < -0.39 is 11.0 Å². The standard InChI is InChI=1S/C32H48O4/c1-6-35-28(33)29(2,3)32(34)19-18-30(4)23(20-32)12-13-24-25-14-15-27(31(25,5)17-16-26(24)30)36-21-22-10-8-7-9-11-22/h7-11,23-27,34H,6,12-21H2,1-5H3/t23-,24+,25+,26-,27-,30-,31-,32+/m0/s1. The lowest BCUT2D eigenvalue weighted by molar-refractivity contribution is -0.200. The number of carbonyl (C=O) groups is 1. The monoisotopic (exact) mass is 496 g/mol. The summed E-state index contributed by atoms with van der Waals surface area (Å²) < 4.78 is 12.0. The SMILES string of the molecule is CCOC(=O)C(C)(C)[C@@]1(O)CC[C@@]2(C)[C@@H](CC[C@@H]3[C@H]4CC[C@H](OCc5ccccc5)[C@@]4(C)CC[C@@H]32)C1. The summed E-state index contributed by atoms with van der Waals surface area (Å²) in [5, 5.41) is 11.8. The highest BCUT2D eigenvalue weighted by atomic mass is 16.5. The Hall–Kier alpha value is -1.39. The van der Waals surface area contributed by atoms with Crippen LogP contribution >= 0.6 is 0 Å². The van der Waals surface area contributed by atoms with Crippen molar-refractivity contribution in [2.75, 3.05) is 6.61 Å². The van der Waals surface area contributed by atoms with Gasteiger partial charge < -0.3 is 14.6 Å². The summed E-state index contributed by atoms with van der Waals surface area (Å²) in [7, 11) is 0. The molecule has 1 aromatic rings. The fourth-order valence-electron chi connectivity index (χ4n) is 9.31. The van der Waals surface area contributed by atoms with Crippen LogP contribution in [0.3, 0.4) is 0 Å². The molecule has 0 aromatic heterocycles. The molecule has 4 aliphatic rings. The highest BCUT2D eigenvalue weighted by Gasteiger charge is 2.63. The molecule has 4 heteroatoms. The van der Waals surface area contributed by atoms with Crippen molar-refractivity contribution in [2.45, 2.75) is 111 Å². The minimum Gasteiger partial charge on any atom is -0.465 e. The zero-order chi connectivity index (χ0) is 25.8. The van der Waals surface area contributed by atoms with Crippen molar-refractivity contribution in [3.05, 3.63) is 35.9 Å². The summed E-state index contributed by atoms with van der Waals surface area (Å²) in [6, 6.07) is 10.6. The van der Waals surface area contributed by atoms with Gasteiger partial charge in [-0.15, -0.1) is 0 Å². The van der Waals surface area contributed by atoms with Crippen LogP contribution in [0.4, 0.5) is 0 Å². The Morgan fingerprint density at radius 2 is 1.69 bits per heavy atom. The van der Waals surface area contributed by atoms with Gasteiger partial charge in [0.15, 0.2) is 0 Å². The molecule has 200 valence electrons. The van der Waals surface area contributed by atoms with Crippen molar-refractivity contribution in [3.63, 3.8) is 0 Å². The Morgan fingerprint density at radius 1 is 0.972 bits per heavy atom. The molecule has 0 spiro atoms. The van der Waals surface area contributed by atoms with Crippen LogP contribution in [-0.4, -0.2) is 29.4 Å². The van der Waals surface area contributed by atoms with Gasteiger partial charge in [0.2, 0.25) is 0 Å². The second-order valence-electron chi connectivity index (χ2n) is 13.6. The molecular weight excluding hydrogens is 448 g/mol. The maximum atomic E-state index is 12.8. The van der Waals surface area contributed by atoms with Gasteiger partial charge in [-0.05, 0) is 119 Å². The summed E-state index contributed by atoms with van der Waals surface area (Å²) in [6.45, 7) is 11.7.